The lowest BCUT2D eigenvalue weighted by Crippen LogP contribution is -2.43. The number of benzene rings is 1. The third-order valence-corrected chi connectivity index (χ3v) is 7.59. The molecule has 1 aliphatic heterocycles. The minimum Gasteiger partial charge on any atom is -0.444 e. The third-order valence-electron chi connectivity index (χ3n) is 4.15. The van der Waals surface area contributed by atoms with E-state index in [1.807, 2.05) is 27.7 Å². The largest absolute Gasteiger partial charge is 0.444 e. The summed E-state index contributed by atoms with van der Waals surface area (Å²) in [6.45, 7) is 8.60. The smallest absolute Gasteiger partial charge is 0.410 e. The SMILES string of the molecule is CCCN([C@@H]1CCN(C(=O)OC(C)(C)C)C1)S(=O)(=O)c1cc(Br)ccc1Br. The van der Waals surface area contributed by atoms with Crippen LogP contribution in [0, 0.1) is 0 Å². The standard InChI is InChI=1S/C18H26Br2N2O4S/c1-5-9-22(27(24,25)16-11-13(19)6-7-15(16)20)14-8-10-21(12-14)17(23)26-18(2,3)4/h6-7,11,14H,5,8-10,12H2,1-4H3/t14-/m1/s1. The highest BCUT2D eigenvalue weighted by molar-refractivity contribution is 9.11. The molecule has 0 N–H and O–H groups in total. The molecule has 6 nitrogen and oxygen atoms in total. The number of hydrogen-bond donors (Lipinski definition) is 0. The van der Waals surface area contributed by atoms with Crippen molar-refractivity contribution in [3.05, 3.63) is 27.1 Å². The summed E-state index contributed by atoms with van der Waals surface area (Å²) in [6.07, 6.45) is 0.875. The quantitative estimate of drug-likeness (QED) is 0.562. The van der Waals surface area contributed by atoms with E-state index in [0.29, 0.717) is 41.4 Å². The number of halogens is 2. The Kier molecular flexibility index (Phi) is 7.38. The predicted octanol–water partition coefficient (Wildman–Crippen LogP) is 4.62. The number of carbonyl (C=O) groups excluding carboxylic acids is 1. The van der Waals surface area contributed by atoms with E-state index in [2.05, 4.69) is 31.9 Å². The number of hydrogen-bond acceptors (Lipinski definition) is 4. The Balaban J connectivity index is 2.25. The molecule has 152 valence electrons. The average molecular weight is 526 g/mol. The first-order valence-corrected chi connectivity index (χ1v) is 11.9. The van der Waals surface area contributed by atoms with Gasteiger partial charge in [-0.25, -0.2) is 13.2 Å². The van der Waals surface area contributed by atoms with Crippen LogP contribution >= 0.6 is 31.9 Å². The molecule has 1 heterocycles. The fourth-order valence-electron chi connectivity index (χ4n) is 2.99. The van der Waals surface area contributed by atoms with Crippen molar-refractivity contribution in [3.8, 4) is 0 Å². The third kappa shape index (κ3) is 5.68. The van der Waals surface area contributed by atoms with Gasteiger partial charge in [-0.05, 0) is 67.7 Å². The first kappa shape index (κ1) is 22.6. The highest BCUT2D eigenvalue weighted by Gasteiger charge is 2.38. The Morgan fingerprint density at radius 3 is 2.59 bits per heavy atom. The number of sulfonamides is 1. The van der Waals surface area contributed by atoms with Gasteiger partial charge in [-0.1, -0.05) is 22.9 Å². The molecule has 2 rings (SSSR count). The van der Waals surface area contributed by atoms with Crippen LogP contribution in [0.5, 0.6) is 0 Å². The van der Waals surface area contributed by atoms with Crippen molar-refractivity contribution in [1.29, 1.82) is 0 Å². The topological polar surface area (TPSA) is 66.9 Å². The summed E-state index contributed by atoms with van der Waals surface area (Å²) < 4.78 is 34.8. The normalized spacial score (nSPS) is 18.2. The number of carbonyl (C=O) groups is 1. The van der Waals surface area contributed by atoms with E-state index in [1.165, 1.54) is 4.31 Å². The van der Waals surface area contributed by atoms with Gasteiger partial charge in [0.25, 0.3) is 0 Å². The fourth-order valence-corrected chi connectivity index (χ4v) is 6.19. The maximum Gasteiger partial charge on any atom is 0.410 e. The first-order valence-electron chi connectivity index (χ1n) is 8.90. The zero-order valence-corrected chi connectivity index (χ0v) is 20.0. The van der Waals surface area contributed by atoms with Gasteiger partial charge in [0.2, 0.25) is 10.0 Å². The second-order valence-corrected chi connectivity index (χ2v) is 11.2. The Morgan fingerprint density at radius 2 is 2.00 bits per heavy atom. The van der Waals surface area contributed by atoms with Crippen molar-refractivity contribution in [2.45, 2.75) is 57.1 Å². The summed E-state index contributed by atoms with van der Waals surface area (Å²) in [4.78, 5) is 14.1. The van der Waals surface area contributed by atoms with Crippen LogP contribution in [-0.2, 0) is 14.8 Å². The summed E-state index contributed by atoms with van der Waals surface area (Å²) in [7, 11) is -3.71. The molecule has 0 saturated carbocycles. The number of nitrogens with zero attached hydrogens (tertiary/aromatic N) is 2. The van der Waals surface area contributed by atoms with Gasteiger partial charge >= 0.3 is 6.09 Å². The van der Waals surface area contributed by atoms with Crippen LogP contribution < -0.4 is 0 Å². The first-order chi connectivity index (χ1) is 12.5. The van der Waals surface area contributed by atoms with Gasteiger partial charge in [0.05, 0.1) is 4.90 Å². The zero-order chi connectivity index (χ0) is 20.4. The van der Waals surface area contributed by atoms with Crippen molar-refractivity contribution in [2.75, 3.05) is 19.6 Å². The molecule has 1 aromatic rings. The van der Waals surface area contributed by atoms with Gasteiger partial charge in [0.1, 0.15) is 5.60 Å². The molecule has 0 radical (unpaired) electrons. The molecule has 1 amide bonds. The van der Waals surface area contributed by atoms with Gasteiger partial charge in [-0.15, -0.1) is 0 Å². The van der Waals surface area contributed by atoms with Crippen molar-refractivity contribution in [1.82, 2.24) is 9.21 Å². The lowest BCUT2D eigenvalue weighted by Gasteiger charge is -2.29. The molecule has 0 spiro atoms. The minimum atomic E-state index is -3.71. The minimum absolute atomic E-state index is 0.223. The number of likely N-dealkylation sites (tertiary alicyclic amines) is 1. The maximum absolute atomic E-state index is 13.3. The van der Waals surface area contributed by atoms with Gasteiger partial charge < -0.3 is 9.64 Å². The van der Waals surface area contributed by atoms with Crippen LogP contribution in [0.3, 0.4) is 0 Å². The second kappa shape index (κ2) is 8.80. The highest BCUT2D eigenvalue weighted by Crippen LogP contribution is 2.31. The molecule has 1 fully saturated rings. The monoisotopic (exact) mass is 524 g/mol. The molecule has 0 bridgehead atoms. The molecular formula is C18H26Br2N2O4S. The highest BCUT2D eigenvalue weighted by atomic mass is 79.9. The summed E-state index contributed by atoms with van der Waals surface area (Å²) in [5.41, 5.74) is -0.578. The van der Waals surface area contributed by atoms with Crippen molar-refractivity contribution >= 4 is 48.0 Å². The number of ether oxygens (including phenoxy) is 1. The Morgan fingerprint density at radius 1 is 1.33 bits per heavy atom. The molecule has 0 aliphatic carbocycles. The molecule has 1 aliphatic rings. The summed E-state index contributed by atoms with van der Waals surface area (Å²) >= 11 is 6.69. The van der Waals surface area contributed by atoms with Crippen LogP contribution in [-0.4, -0.2) is 55.0 Å². The second-order valence-electron chi connectivity index (χ2n) is 7.56. The van der Waals surface area contributed by atoms with Crippen molar-refractivity contribution in [2.24, 2.45) is 0 Å². The molecule has 9 heteroatoms. The van der Waals surface area contributed by atoms with Gasteiger partial charge in [0.15, 0.2) is 0 Å². The summed E-state index contributed by atoms with van der Waals surface area (Å²) in [5, 5.41) is 0. The summed E-state index contributed by atoms with van der Waals surface area (Å²) in [6, 6.07) is 4.83. The molecule has 1 aromatic carbocycles. The Hall–Kier alpha value is -0.640. The summed E-state index contributed by atoms with van der Waals surface area (Å²) in [5.74, 6) is 0. The molecule has 1 atom stereocenters. The van der Waals surface area contributed by atoms with Crippen LogP contribution in [0.4, 0.5) is 4.79 Å². The molecule has 0 unspecified atom stereocenters. The van der Waals surface area contributed by atoms with Crippen molar-refractivity contribution in [3.63, 3.8) is 0 Å². The predicted molar refractivity (Wildman–Crippen MR) is 112 cm³/mol. The fraction of sp³-hybridized carbons (Fsp3) is 0.611. The van der Waals surface area contributed by atoms with E-state index < -0.39 is 21.7 Å². The van der Waals surface area contributed by atoms with E-state index in [-0.39, 0.29) is 10.9 Å². The molecule has 0 aromatic heterocycles. The van der Waals surface area contributed by atoms with E-state index in [1.54, 1.807) is 23.1 Å². The van der Waals surface area contributed by atoms with Crippen LogP contribution in [0.1, 0.15) is 40.5 Å². The lowest BCUT2D eigenvalue weighted by molar-refractivity contribution is 0.0286. The molecule has 27 heavy (non-hydrogen) atoms. The van der Waals surface area contributed by atoms with E-state index in [9.17, 15) is 13.2 Å². The Bertz CT molecular complexity index is 793. The maximum atomic E-state index is 13.3. The number of amides is 1. The van der Waals surface area contributed by atoms with Gasteiger partial charge in [0, 0.05) is 34.6 Å². The van der Waals surface area contributed by atoms with E-state index in [4.69, 9.17) is 4.74 Å². The lowest BCUT2D eigenvalue weighted by atomic mass is 10.2. The zero-order valence-electron chi connectivity index (χ0n) is 16.0. The van der Waals surface area contributed by atoms with Crippen molar-refractivity contribution < 1.29 is 17.9 Å². The van der Waals surface area contributed by atoms with E-state index in [0.717, 1.165) is 0 Å². The van der Waals surface area contributed by atoms with Crippen LogP contribution in [0.2, 0.25) is 0 Å². The van der Waals surface area contributed by atoms with Gasteiger partial charge in [-0.2, -0.15) is 4.31 Å². The molecular weight excluding hydrogens is 500 g/mol. The number of rotatable bonds is 5. The average Bonchev–Trinajstić information content (AvgIpc) is 3.02. The molecule has 1 saturated heterocycles. The van der Waals surface area contributed by atoms with E-state index >= 15 is 0 Å². The van der Waals surface area contributed by atoms with Gasteiger partial charge in [-0.3, -0.25) is 0 Å². The Labute approximate surface area is 178 Å². The van der Waals surface area contributed by atoms with Crippen LogP contribution in [0.15, 0.2) is 32.0 Å². The van der Waals surface area contributed by atoms with Crippen LogP contribution in [0.25, 0.3) is 0 Å².